The SMILES string of the molecule is COC1CC2C(=O)N(C3CCCCC3)C(=O)N(Cc3cccc(Cl)c3)C2CC1OC. The van der Waals surface area contributed by atoms with Crippen molar-refractivity contribution in [3.63, 3.8) is 0 Å². The zero-order chi connectivity index (χ0) is 21.3. The Kier molecular flexibility index (Phi) is 6.66. The van der Waals surface area contributed by atoms with Gasteiger partial charge in [0.1, 0.15) is 0 Å². The van der Waals surface area contributed by atoms with Crippen molar-refractivity contribution in [2.24, 2.45) is 5.92 Å². The molecule has 6 nitrogen and oxygen atoms in total. The van der Waals surface area contributed by atoms with E-state index in [2.05, 4.69) is 0 Å². The van der Waals surface area contributed by atoms with Crippen LogP contribution in [0.25, 0.3) is 0 Å². The van der Waals surface area contributed by atoms with Gasteiger partial charge in [0.15, 0.2) is 0 Å². The van der Waals surface area contributed by atoms with E-state index in [1.165, 1.54) is 6.42 Å². The van der Waals surface area contributed by atoms with Crippen molar-refractivity contribution >= 4 is 23.5 Å². The lowest BCUT2D eigenvalue weighted by Gasteiger charge is -2.51. The molecule has 1 saturated heterocycles. The second kappa shape index (κ2) is 9.25. The van der Waals surface area contributed by atoms with Crippen LogP contribution in [-0.4, -0.2) is 60.2 Å². The Balaban J connectivity index is 1.67. The van der Waals surface area contributed by atoms with Gasteiger partial charge in [0.25, 0.3) is 0 Å². The Morgan fingerprint density at radius 2 is 1.73 bits per heavy atom. The number of methoxy groups -OCH3 is 2. The van der Waals surface area contributed by atoms with Crippen LogP contribution in [0.3, 0.4) is 0 Å². The average molecular weight is 435 g/mol. The minimum absolute atomic E-state index is 0.00250. The Labute approximate surface area is 183 Å². The summed E-state index contributed by atoms with van der Waals surface area (Å²) >= 11 is 6.19. The molecule has 1 aliphatic heterocycles. The third kappa shape index (κ3) is 4.10. The van der Waals surface area contributed by atoms with Gasteiger partial charge in [-0.05, 0) is 43.4 Å². The number of carbonyl (C=O) groups is 2. The first-order valence-corrected chi connectivity index (χ1v) is 11.3. The maximum atomic E-state index is 13.7. The Morgan fingerprint density at radius 3 is 2.40 bits per heavy atom. The third-order valence-electron chi connectivity index (χ3n) is 7.03. The number of fused-ring (bicyclic) bond motifs is 1. The molecule has 7 heteroatoms. The molecule has 0 radical (unpaired) electrons. The molecule has 2 aliphatic carbocycles. The molecule has 0 aromatic heterocycles. The van der Waals surface area contributed by atoms with E-state index in [4.69, 9.17) is 21.1 Å². The highest BCUT2D eigenvalue weighted by Crippen LogP contribution is 2.39. The van der Waals surface area contributed by atoms with Gasteiger partial charge in [-0.15, -0.1) is 0 Å². The van der Waals surface area contributed by atoms with Crippen LogP contribution in [0.2, 0.25) is 5.02 Å². The third-order valence-corrected chi connectivity index (χ3v) is 7.27. The van der Waals surface area contributed by atoms with Crippen LogP contribution in [0.15, 0.2) is 24.3 Å². The van der Waals surface area contributed by atoms with Gasteiger partial charge < -0.3 is 14.4 Å². The van der Waals surface area contributed by atoms with Crippen molar-refractivity contribution in [3.05, 3.63) is 34.9 Å². The van der Waals surface area contributed by atoms with E-state index in [0.717, 1.165) is 31.2 Å². The number of urea groups is 1. The molecular weight excluding hydrogens is 404 g/mol. The van der Waals surface area contributed by atoms with Crippen LogP contribution < -0.4 is 0 Å². The van der Waals surface area contributed by atoms with Gasteiger partial charge in [-0.2, -0.15) is 0 Å². The molecule has 0 bridgehead atoms. The molecule has 3 fully saturated rings. The number of amides is 3. The first-order valence-electron chi connectivity index (χ1n) is 11.0. The lowest BCUT2D eigenvalue weighted by molar-refractivity contribution is -0.154. The van der Waals surface area contributed by atoms with E-state index in [1.54, 1.807) is 19.1 Å². The molecule has 1 aromatic carbocycles. The second-order valence-corrected chi connectivity index (χ2v) is 9.17. The highest BCUT2D eigenvalue weighted by Gasteiger charge is 2.53. The highest BCUT2D eigenvalue weighted by atomic mass is 35.5. The van der Waals surface area contributed by atoms with Gasteiger partial charge in [0.05, 0.1) is 18.1 Å². The summed E-state index contributed by atoms with van der Waals surface area (Å²) < 4.78 is 11.3. The summed E-state index contributed by atoms with van der Waals surface area (Å²) in [6.45, 7) is 0.436. The lowest BCUT2D eigenvalue weighted by Crippen LogP contribution is -2.67. The summed E-state index contributed by atoms with van der Waals surface area (Å²) in [7, 11) is 3.33. The number of hydrogen-bond donors (Lipinski definition) is 0. The van der Waals surface area contributed by atoms with Crippen molar-refractivity contribution in [3.8, 4) is 0 Å². The standard InChI is InChI=1S/C23H31ClN2O4/c1-29-20-12-18-19(13-21(20)30-2)25(14-15-7-6-8-16(24)11-15)23(28)26(22(18)27)17-9-4-3-5-10-17/h6-8,11,17-21H,3-5,9-10,12-14H2,1-2H3. The molecule has 164 valence electrons. The van der Waals surface area contributed by atoms with Crippen LogP contribution in [0, 0.1) is 5.92 Å². The highest BCUT2D eigenvalue weighted by molar-refractivity contribution is 6.30. The molecule has 4 atom stereocenters. The van der Waals surface area contributed by atoms with Gasteiger partial charge in [-0.25, -0.2) is 4.79 Å². The molecule has 0 N–H and O–H groups in total. The van der Waals surface area contributed by atoms with Crippen LogP contribution in [-0.2, 0) is 20.8 Å². The number of nitrogens with zero attached hydrogens (tertiary/aromatic N) is 2. The van der Waals surface area contributed by atoms with Crippen molar-refractivity contribution in [1.82, 2.24) is 9.80 Å². The largest absolute Gasteiger partial charge is 0.379 e. The lowest BCUT2D eigenvalue weighted by atomic mass is 9.77. The van der Waals surface area contributed by atoms with Gasteiger partial charge in [-0.1, -0.05) is 43.0 Å². The molecule has 4 unspecified atom stereocenters. The summed E-state index contributed by atoms with van der Waals surface area (Å²) in [5, 5.41) is 0.645. The maximum Gasteiger partial charge on any atom is 0.327 e. The van der Waals surface area contributed by atoms with E-state index in [1.807, 2.05) is 29.2 Å². The maximum absolute atomic E-state index is 13.7. The van der Waals surface area contributed by atoms with E-state index in [0.29, 0.717) is 24.4 Å². The quantitative estimate of drug-likeness (QED) is 0.695. The first-order chi connectivity index (χ1) is 14.5. The molecule has 3 amide bonds. The fourth-order valence-corrected chi connectivity index (χ4v) is 5.68. The van der Waals surface area contributed by atoms with Crippen molar-refractivity contribution in [2.75, 3.05) is 14.2 Å². The van der Waals surface area contributed by atoms with Crippen LogP contribution in [0.4, 0.5) is 4.79 Å². The molecule has 0 spiro atoms. The molecule has 30 heavy (non-hydrogen) atoms. The number of benzene rings is 1. The summed E-state index contributed by atoms with van der Waals surface area (Å²) in [4.78, 5) is 30.6. The summed E-state index contributed by atoms with van der Waals surface area (Å²) in [5.41, 5.74) is 0.968. The summed E-state index contributed by atoms with van der Waals surface area (Å²) in [5.74, 6) is -0.295. The number of halogens is 1. The number of imide groups is 1. The predicted octanol–water partition coefficient (Wildman–Crippen LogP) is 4.25. The number of hydrogen-bond acceptors (Lipinski definition) is 4. The zero-order valence-electron chi connectivity index (χ0n) is 17.8. The fourth-order valence-electron chi connectivity index (χ4n) is 5.46. The Bertz CT molecular complexity index is 782. The fraction of sp³-hybridized carbons (Fsp3) is 0.652. The number of carbonyl (C=O) groups excluding carboxylic acids is 2. The molecule has 2 saturated carbocycles. The van der Waals surface area contributed by atoms with Crippen molar-refractivity contribution in [2.45, 2.75) is 75.8 Å². The zero-order valence-corrected chi connectivity index (χ0v) is 18.5. The van der Waals surface area contributed by atoms with Gasteiger partial charge in [0.2, 0.25) is 5.91 Å². The van der Waals surface area contributed by atoms with Crippen molar-refractivity contribution < 1.29 is 19.1 Å². The average Bonchev–Trinajstić information content (AvgIpc) is 2.76. The van der Waals surface area contributed by atoms with Crippen LogP contribution >= 0.6 is 11.6 Å². The summed E-state index contributed by atoms with van der Waals surface area (Å²) in [6.07, 6.45) is 5.98. The van der Waals surface area contributed by atoms with E-state index in [9.17, 15) is 9.59 Å². The molecule has 4 rings (SSSR count). The minimum atomic E-state index is -0.264. The Morgan fingerprint density at radius 1 is 1.03 bits per heavy atom. The Hall–Kier alpha value is -1.63. The first kappa shape index (κ1) is 21.6. The van der Waals surface area contributed by atoms with E-state index >= 15 is 0 Å². The number of ether oxygens (including phenoxy) is 2. The van der Waals surface area contributed by atoms with Gasteiger partial charge in [0, 0.05) is 37.9 Å². The molecule has 1 heterocycles. The smallest absolute Gasteiger partial charge is 0.327 e. The second-order valence-electron chi connectivity index (χ2n) is 8.73. The van der Waals surface area contributed by atoms with Gasteiger partial charge in [-0.3, -0.25) is 9.69 Å². The van der Waals surface area contributed by atoms with E-state index < -0.39 is 0 Å². The monoisotopic (exact) mass is 434 g/mol. The topological polar surface area (TPSA) is 59.1 Å². The molecular formula is C23H31ClN2O4. The van der Waals surface area contributed by atoms with Crippen molar-refractivity contribution in [1.29, 1.82) is 0 Å². The van der Waals surface area contributed by atoms with Crippen LogP contribution in [0.1, 0.15) is 50.5 Å². The molecule has 1 aromatic rings. The molecule has 3 aliphatic rings. The predicted molar refractivity (Wildman–Crippen MR) is 114 cm³/mol. The van der Waals surface area contributed by atoms with E-state index in [-0.39, 0.29) is 42.1 Å². The number of rotatable bonds is 5. The van der Waals surface area contributed by atoms with Gasteiger partial charge >= 0.3 is 6.03 Å². The minimum Gasteiger partial charge on any atom is -0.379 e. The van der Waals surface area contributed by atoms with Crippen LogP contribution in [0.5, 0.6) is 0 Å². The normalized spacial score (nSPS) is 30.5. The summed E-state index contributed by atoms with van der Waals surface area (Å²) in [6, 6.07) is 7.23.